The molecule has 1 aromatic heterocycles. The largest absolute Gasteiger partial charge is 0.320 e. The molecule has 110 valence electrons. The average molecular weight is 316 g/mol. The Bertz CT molecular complexity index is 602. The summed E-state index contributed by atoms with van der Waals surface area (Å²) in [6, 6.07) is 11.5. The molecule has 1 fully saturated rings. The van der Waals surface area contributed by atoms with Gasteiger partial charge in [0.15, 0.2) is 0 Å². The number of nitrogens with two attached hydrogens (primary N) is 1. The van der Waals surface area contributed by atoms with Crippen molar-refractivity contribution in [3.63, 3.8) is 0 Å². The van der Waals surface area contributed by atoms with E-state index in [1.165, 1.54) is 58.8 Å². The van der Waals surface area contributed by atoms with Crippen LogP contribution in [-0.4, -0.2) is 5.75 Å². The van der Waals surface area contributed by atoms with Crippen LogP contribution < -0.4 is 5.73 Å². The topological polar surface area (TPSA) is 26.0 Å². The van der Waals surface area contributed by atoms with Gasteiger partial charge in [0.1, 0.15) is 0 Å². The summed E-state index contributed by atoms with van der Waals surface area (Å²) in [6.07, 6.45) is 5.34. The van der Waals surface area contributed by atoms with Crippen LogP contribution in [0.1, 0.15) is 57.7 Å². The van der Waals surface area contributed by atoms with Crippen molar-refractivity contribution in [2.24, 2.45) is 5.73 Å². The minimum Gasteiger partial charge on any atom is -0.320 e. The molecule has 1 saturated carbocycles. The Morgan fingerprint density at radius 3 is 2.62 bits per heavy atom. The fourth-order valence-corrected chi connectivity index (χ4v) is 5.61. The zero-order valence-corrected chi connectivity index (χ0v) is 13.8. The number of rotatable bonds is 3. The monoisotopic (exact) mass is 315 g/mol. The number of aryl methyl sites for hydroxylation is 1. The van der Waals surface area contributed by atoms with E-state index in [4.69, 9.17) is 5.73 Å². The summed E-state index contributed by atoms with van der Waals surface area (Å²) in [4.78, 5) is 2.89. The van der Waals surface area contributed by atoms with E-state index >= 15 is 0 Å². The van der Waals surface area contributed by atoms with Crippen LogP contribution in [-0.2, 0) is 12.2 Å². The standard InChI is InChI=1S/C18H21NS2/c19-18(17-10-15-11-20-9-8-16(15)21-17)14-6-4-13(5-7-14)12-2-1-3-12/h4-7,10,12,18H,1-3,8-9,11,19H2. The molecule has 0 amide bonds. The smallest absolute Gasteiger partial charge is 0.0646 e. The number of hydrogen-bond acceptors (Lipinski definition) is 3. The van der Waals surface area contributed by atoms with Gasteiger partial charge >= 0.3 is 0 Å². The molecule has 1 aromatic carbocycles. The highest BCUT2D eigenvalue weighted by Crippen LogP contribution is 2.38. The third-order valence-electron chi connectivity index (χ3n) is 4.83. The van der Waals surface area contributed by atoms with Gasteiger partial charge in [-0.3, -0.25) is 0 Å². The van der Waals surface area contributed by atoms with Crippen LogP contribution in [0.4, 0.5) is 0 Å². The van der Waals surface area contributed by atoms with Gasteiger partial charge in [0, 0.05) is 15.5 Å². The van der Waals surface area contributed by atoms with Crippen LogP contribution >= 0.6 is 23.1 Å². The number of benzene rings is 1. The first-order chi connectivity index (χ1) is 10.3. The summed E-state index contributed by atoms with van der Waals surface area (Å²) in [5, 5.41) is 0. The van der Waals surface area contributed by atoms with Crippen molar-refractivity contribution in [2.45, 2.75) is 43.4 Å². The number of fused-ring (bicyclic) bond motifs is 1. The van der Waals surface area contributed by atoms with Gasteiger partial charge in [0.25, 0.3) is 0 Å². The predicted molar refractivity (Wildman–Crippen MR) is 93.2 cm³/mol. The molecule has 0 spiro atoms. The van der Waals surface area contributed by atoms with Crippen LogP contribution in [0.15, 0.2) is 30.3 Å². The molecule has 21 heavy (non-hydrogen) atoms. The summed E-state index contributed by atoms with van der Waals surface area (Å²) >= 11 is 3.96. The molecule has 3 heteroatoms. The van der Waals surface area contributed by atoms with Crippen LogP contribution in [0.5, 0.6) is 0 Å². The summed E-state index contributed by atoms with van der Waals surface area (Å²) < 4.78 is 0. The zero-order valence-electron chi connectivity index (χ0n) is 12.2. The summed E-state index contributed by atoms with van der Waals surface area (Å²) in [5.41, 5.74) is 10.8. The Morgan fingerprint density at radius 1 is 1.14 bits per heavy atom. The maximum atomic E-state index is 6.50. The van der Waals surface area contributed by atoms with Crippen LogP contribution in [0.3, 0.4) is 0 Å². The molecule has 2 heterocycles. The highest BCUT2D eigenvalue weighted by Gasteiger charge is 2.21. The number of thioether (sulfide) groups is 1. The lowest BCUT2D eigenvalue weighted by atomic mass is 9.80. The lowest BCUT2D eigenvalue weighted by Crippen LogP contribution is -2.12. The second-order valence-electron chi connectivity index (χ2n) is 6.17. The first-order valence-electron chi connectivity index (χ1n) is 7.86. The van der Waals surface area contributed by atoms with Gasteiger partial charge in [-0.1, -0.05) is 30.7 Å². The summed E-state index contributed by atoms with van der Waals surface area (Å²) in [5.74, 6) is 3.23. The average Bonchev–Trinajstić information content (AvgIpc) is 2.89. The van der Waals surface area contributed by atoms with E-state index in [1.54, 1.807) is 4.88 Å². The van der Waals surface area contributed by atoms with Crippen molar-refractivity contribution in [1.29, 1.82) is 0 Å². The predicted octanol–water partition coefficient (Wildman–Crippen LogP) is 4.85. The molecular weight excluding hydrogens is 294 g/mol. The van der Waals surface area contributed by atoms with E-state index in [-0.39, 0.29) is 6.04 Å². The van der Waals surface area contributed by atoms with E-state index in [2.05, 4.69) is 30.3 Å². The summed E-state index contributed by atoms with van der Waals surface area (Å²) in [7, 11) is 0. The number of thiophene rings is 1. The SMILES string of the molecule is NC(c1ccc(C2CCC2)cc1)c1cc2c(s1)CCSC2. The normalized spacial score (nSPS) is 19.9. The molecule has 0 radical (unpaired) electrons. The Hall–Kier alpha value is -0.770. The van der Waals surface area contributed by atoms with Gasteiger partial charge < -0.3 is 5.73 Å². The van der Waals surface area contributed by atoms with Crippen molar-refractivity contribution in [3.8, 4) is 0 Å². The van der Waals surface area contributed by atoms with Crippen molar-refractivity contribution >= 4 is 23.1 Å². The minimum absolute atomic E-state index is 0.0426. The first-order valence-corrected chi connectivity index (χ1v) is 9.83. The van der Waals surface area contributed by atoms with Gasteiger partial charge in [-0.15, -0.1) is 11.3 Å². The third kappa shape index (κ3) is 2.67. The zero-order chi connectivity index (χ0) is 14.2. The van der Waals surface area contributed by atoms with E-state index in [1.807, 2.05) is 23.1 Å². The molecule has 2 aliphatic rings. The molecule has 1 nitrogen and oxygen atoms in total. The first kappa shape index (κ1) is 13.9. The number of hydrogen-bond donors (Lipinski definition) is 1. The van der Waals surface area contributed by atoms with E-state index in [0.717, 1.165) is 5.92 Å². The van der Waals surface area contributed by atoms with Crippen molar-refractivity contribution < 1.29 is 0 Å². The van der Waals surface area contributed by atoms with Crippen LogP contribution in [0.25, 0.3) is 0 Å². The molecule has 2 aromatic rings. The van der Waals surface area contributed by atoms with E-state index in [9.17, 15) is 0 Å². The molecule has 1 aliphatic carbocycles. The van der Waals surface area contributed by atoms with E-state index < -0.39 is 0 Å². The fourth-order valence-electron chi connectivity index (χ4n) is 3.20. The van der Waals surface area contributed by atoms with Gasteiger partial charge in [0.05, 0.1) is 6.04 Å². The maximum Gasteiger partial charge on any atom is 0.0646 e. The molecular formula is C18H21NS2. The molecule has 0 bridgehead atoms. The van der Waals surface area contributed by atoms with Gasteiger partial charge in [-0.05, 0) is 53.7 Å². The van der Waals surface area contributed by atoms with Crippen molar-refractivity contribution in [2.75, 3.05) is 5.75 Å². The molecule has 1 aliphatic heterocycles. The molecule has 1 atom stereocenters. The summed E-state index contributed by atoms with van der Waals surface area (Å²) in [6.45, 7) is 0. The minimum atomic E-state index is 0.0426. The van der Waals surface area contributed by atoms with Crippen LogP contribution in [0.2, 0.25) is 0 Å². The molecule has 1 unspecified atom stereocenters. The van der Waals surface area contributed by atoms with Crippen LogP contribution in [0, 0.1) is 0 Å². The van der Waals surface area contributed by atoms with Gasteiger partial charge in [0.2, 0.25) is 0 Å². The Labute approximate surface area is 134 Å². The highest BCUT2D eigenvalue weighted by atomic mass is 32.2. The van der Waals surface area contributed by atoms with Gasteiger partial charge in [-0.25, -0.2) is 0 Å². The molecule has 0 saturated heterocycles. The Balaban J connectivity index is 1.55. The Morgan fingerprint density at radius 2 is 1.95 bits per heavy atom. The quantitative estimate of drug-likeness (QED) is 0.876. The molecule has 4 rings (SSSR count). The van der Waals surface area contributed by atoms with Crippen molar-refractivity contribution in [1.82, 2.24) is 0 Å². The van der Waals surface area contributed by atoms with Crippen molar-refractivity contribution in [3.05, 3.63) is 56.8 Å². The Kier molecular flexibility index (Phi) is 3.82. The maximum absolute atomic E-state index is 6.50. The highest BCUT2D eigenvalue weighted by molar-refractivity contribution is 7.98. The van der Waals surface area contributed by atoms with Gasteiger partial charge in [-0.2, -0.15) is 11.8 Å². The van der Waals surface area contributed by atoms with E-state index in [0.29, 0.717) is 0 Å². The second kappa shape index (κ2) is 5.79. The lowest BCUT2D eigenvalue weighted by molar-refractivity contribution is 0.419. The third-order valence-corrected chi connectivity index (χ3v) is 7.15. The lowest BCUT2D eigenvalue weighted by Gasteiger charge is -2.26. The second-order valence-corrected chi connectivity index (χ2v) is 8.45. The fraction of sp³-hybridized carbons (Fsp3) is 0.444. The molecule has 2 N–H and O–H groups in total.